The summed E-state index contributed by atoms with van der Waals surface area (Å²) in [7, 11) is 0. The number of hydrogen-bond donors (Lipinski definition) is 1. The number of nitrogens with one attached hydrogen (secondary N) is 1. The van der Waals surface area contributed by atoms with Gasteiger partial charge in [-0.05, 0) is 49.1 Å². The Balaban J connectivity index is 1.68. The first-order valence-electron chi connectivity index (χ1n) is 10.3. The lowest BCUT2D eigenvalue weighted by atomic mass is 10.0. The molecule has 0 amide bonds. The molecule has 0 fully saturated rings. The van der Waals surface area contributed by atoms with Gasteiger partial charge in [0.25, 0.3) is 0 Å². The highest BCUT2D eigenvalue weighted by Crippen LogP contribution is 2.40. The van der Waals surface area contributed by atoms with Gasteiger partial charge in [0, 0.05) is 28.2 Å². The Hall–Kier alpha value is -2.29. The van der Waals surface area contributed by atoms with Gasteiger partial charge in [0.2, 0.25) is 0 Å². The zero-order valence-corrected chi connectivity index (χ0v) is 19.7. The summed E-state index contributed by atoms with van der Waals surface area (Å²) in [6, 6.07) is 16.9. The molecular formula is C23H25BrN4O2S. The number of halogens is 1. The van der Waals surface area contributed by atoms with E-state index < -0.39 is 0 Å². The second-order valence-electron chi connectivity index (χ2n) is 7.38. The molecule has 1 N–H and O–H groups in total. The number of fused-ring (bicyclic) bond motifs is 1. The number of carbonyl (C=O) groups excluding carboxylic acids is 1. The predicted octanol–water partition coefficient (Wildman–Crippen LogP) is 4.68. The van der Waals surface area contributed by atoms with Gasteiger partial charge >= 0.3 is 5.97 Å². The standard InChI is InChI=1S/C23H25BrN4O2S/c1-2-30-23(29)15-28-20(10-17-6-4-3-5-7-17)14-27(13-19-12-25-16-26-19)21-9-8-18(24)11-22(21)31-28/h3-9,11-12,16,20H,2,10,13-15H2,1H3,(H,25,26). The molecule has 1 unspecified atom stereocenters. The number of rotatable bonds is 7. The summed E-state index contributed by atoms with van der Waals surface area (Å²) < 4.78 is 8.46. The number of hydrogen-bond acceptors (Lipinski definition) is 6. The molecule has 0 aliphatic carbocycles. The molecule has 4 rings (SSSR count). The topological polar surface area (TPSA) is 61.5 Å². The van der Waals surface area contributed by atoms with Crippen molar-refractivity contribution >= 4 is 39.5 Å². The third kappa shape index (κ3) is 5.70. The summed E-state index contributed by atoms with van der Waals surface area (Å²) in [6.07, 6.45) is 4.40. The average Bonchev–Trinajstić information content (AvgIpc) is 3.22. The highest BCUT2D eigenvalue weighted by atomic mass is 79.9. The first kappa shape index (κ1) is 21.9. The molecule has 2 heterocycles. The van der Waals surface area contributed by atoms with E-state index in [2.05, 4.69) is 77.6 Å². The number of H-pyrrole nitrogens is 1. The Morgan fingerprint density at radius 3 is 2.87 bits per heavy atom. The maximum absolute atomic E-state index is 12.4. The van der Waals surface area contributed by atoms with E-state index in [-0.39, 0.29) is 18.6 Å². The molecule has 162 valence electrons. The number of ether oxygens (including phenoxy) is 1. The lowest BCUT2D eigenvalue weighted by Crippen LogP contribution is -2.42. The van der Waals surface area contributed by atoms with Gasteiger partial charge in [-0.2, -0.15) is 0 Å². The number of aromatic nitrogens is 2. The van der Waals surface area contributed by atoms with Crippen molar-refractivity contribution in [1.29, 1.82) is 0 Å². The normalized spacial score (nSPS) is 16.6. The fourth-order valence-electron chi connectivity index (χ4n) is 3.74. The Kier molecular flexibility index (Phi) is 7.32. The van der Waals surface area contributed by atoms with E-state index in [1.165, 1.54) is 5.56 Å². The van der Waals surface area contributed by atoms with Crippen molar-refractivity contribution in [3.05, 3.63) is 76.8 Å². The number of benzene rings is 2. The number of esters is 1. The van der Waals surface area contributed by atoms with Crippen molar-refractivity contribution in [2.24, 2.45) is 0 Å². The molecule has 1 aliphatic heterocycles. The molecule has 0 spiro atoms. The van der Waals surface area contributed by atoms with Gasteiger partial charge in [-0.3, -0.25) is 4.79 Å². The second-order valence-corrected chi connectivity index (χ2v) is 9.39. The molecule has 0 saturated carbocycles. The summed E-state index contributed by atoms with van der Waals surface area (Å²) in [4.78, 5) is 23.3. The molecule has 6 nitrogen and oxygen atoms in total. The number of nitrogens with zero attached hydrogens (tertiary/aromatic N) is 3. The van der Waals surface area contributed by atoms with E-state index in [9.17, 15) is 4.79 Å². The average molecular weight is 501 g/mol. The summed E-state index contributed by atoms with van der Waals surface area (Å²) in [5.74, 6) is -0.202. The highest BCUT2D eigenvalue weighted by Gasteiger charge is 2.31. The van der Waals surface area contributed by atoms with E-state index in [1.807, 2.05) is 19.2 Å². The Morgan fingerprint density at radius 1 is 1.29 bits per heavy atom. The highest BCUT2D eigenvalue weighted by molar-refractivity contribution is 9.10. The molecular weight excluding hydrogens is 476 g/mol. The van der Waals surface area contributed by atoms with Crippen LogP contribution in [0.1, 0.15) is 18.2 Å². The van der Waals surface area contributed by atoms with Crippen molar-refractivity contribution in [2.75, 3.05) is 24.6 Å². The van der Waals surface area contributed by atoms with Crippen LogP contribution in [0.4, 0.5) is 5.69 Å². The van der Waals surface area contributed by atoms with E-state index in [1.54, 1.807) is 18.3 Å². The third-order valence-electron chi connectivity index (χ3n) is 5.14. The summed E-state index contributed by atoms with van der Waals surface area (Å²) in [5.41, 5.74) is 3.44. The number of anilines is 1. The minimum atomic E-state index is -0.202. The van der Waals surface area contributed by atoms with Gasteiger partial charge in [0.05, 0.1) is 30.9 Å². The van der Waals surface area contributed by atoms with Gasteiger partial charge in [-0.15, -0.1) is 0 Å². The van der Waals surface area contributed by atoms with Crippen LogP contribution in [0.25, 0.3) is 0 Å². The van der Waals surface area contributed by atoms with E-state index in [0.717, 1.165) is 33.7 Å². The van der Waals surface area contributed by atoms with Crippen LogP contribution in [-0.4, -0.2) is 46.0 Å². The molecule has 8 heteroatoms. The van der Waals surface area contributed by atoms with Gasteiger partial charge in [0.1, 0.15) is 6.54 Å². The van der Waals surface area contributed by atoms with Crippen LogP contribution in [0.2, 0.25) is 0 Å². The minimum Gasteiger partial charge on any atom is -0.465 e. The number of carbonyl (C=O) groups is 1. The third-order valence-corrected chi connectivity index (χ3v) is 6.82. The number of imidazole rings is 1. The first-order chi connectivity index (χ1) is 15.1. The summed E-state index contributed by atoms with van der Waals surface area (Å²) in [5, 5.41) is 0. The van der Waals surface area contributed by atoms with Gasteiger partial charge in [-0.1, -0.05) is 46.3 Å². The molecule has 3 aromatic rings. The second kappa shape index (κ2) is 10.3. The largest absolute Gasteiger partial charge is 0.465 e. The minimum absolute atomic E-state index is 0.117. The molecule has 0 radical (unpaired) electrons. The summed E-state index contributed by atoms with van der Waals surface area (Å²) in [6.45, 7) is 3.95. The van der Waals surface area contributed by atoms with Crippen molar-refractivity contribution in [3.63, 3.8) is 0 Å². The molecule has 1 aromatic heterocycles. The van der Waals surface area contributed by atoms with Crippen LogP contribution in [0.5, 0.6) is 0 Å². The van der Waals surface area contributed by atoms with Crippen LogP contribution < -0.4 is 4.90 Å². The van der Waals surface area contributed by atoms with E-state index >= 15 is 0 Å². The van der Waals surface area contributed by atoms with Crippen LogP contribution in [-0.2, 0) is 22.5 Å². The fourth-order valence-corrected chi connectivity index (χ4v) is 5.44. The SMILES string of the molecule is CCOC(=O)CN1Sc2cc(Br)ccc2N(Cc2cnc[nH]2)CC1Cc1ccccc1. The number of aromatic amines is 1. The van der Waals surface area contributed by atoms with Crippen molar-refractivity contribution in [3.8, 4) is 0 Å². The smallest absolute Gasteiger partial charge is 0.321 e. The van der Waals surface area contributed by atoms with Crippen LogP contribution in [0.15, 0.2) is 70.4 Å². The Labute approximate surface area is 195 Å². The molecule has 0 saturated heterocycles. The Morgan fingerprint density at radius 2 is 2.13 bits per heavy atom. The van der Waals surface area contributed by atoms with Crippen molar-refractivity contribution in [2.45, 2.75) is 30.8 Å². The van der Waals surface area contributed by atoms with Crippen molar-refractivity contribution < 1.29 is 9.53 Å². The molecule has 1 aliphatic rings. The summed E-state index contributed by atoms with van der Waals surface area (Å²) >= 11 is 5.23. The Bertz CT molecular complexity index is 1000. The van der Waals surface area contributed by atoms with Crippen LogP contribution in [0.3, 0.4) is 0 Å². The zero-order valence-electron chi connectivity index (χ0n) is 17.3. The van der Waals surface area contributed by atoms with Crippen LogP contribution in [0, 0.1) is 0 Å². The lowest BCUT2D eigenvalue weighted by molar-refractivity contribution is -0.143. The maximum Gasteiger partial charge on any atom is 0.321 e. The lowest BCUT2D eigenvalue weighted by Gasteiger charge is -2.31. The zero-order chi connectivity index (χ0) is 21.6. The maximum atomic E-state index is 12.4. The molecule has 1 atom stereocenters. The molecule has 31 heavy (non-hydrogen) atoms. The molecule has 0 bridgehead atoms. The van der Waals surface area contributed by atoms with E-state index in [0.29, 0.717) is 13.2 Å². The quantitative estimate of drug-likeness (QED) is 0.375. The molecule has 2 aromatic carbocycles. The van der Waals surface area contributed by atoms with Gasteiger partial charge in [0.15, 0.2) is 0 Å². The fraction of sp³-hybridized carbons (Fsp3) is 0.304. The van der Waals surface area contributed by atoms with Crippen LogP contribution >= 0.6 is 27.9 Å². The predicted molar refractivity (Wildman–Crippen MR) is 127 cm³/mol. The van der Waals surface area contributed by atoms with Crippen molar-refractivity contribution in [1.82, 2.24) is 14.3 Å². The monoisotopic (exact) mass is 500 g/mol. The van der Waals surface area contributed by atoms with E-state index in [4.69, 9.17) is 4.74 Å². The first-order valence-corrected chi connectivity index (χ1v) is 11.8. The van der Waals surface area contributed by atoms with Gasteiger partial charge in [-0.25, -0.2) is 9.29 Å². The van der Waals surface area contributed by atoms with Gasteiger partial charge < -0.3 is 14.6 Å².